The van der Waals surface area contributed by atoms with Crippen molar-refractivity contribution < 1.29 is 30.0 Å². The predicted molar refractivity (Wildman–Crippen MR) is 220 cm³/mol. The molecule has 56 heavy (non-hydrogen) atoms. The molecule has 8 bridgehead atoms. The van der Waals surface area contributed by atoms with Crippen molar-refractivity contribution in [1.82, 2.24) is 19.9 Å². The standard InChI is InChI=1S/C46H48N4O6/c1-3-5-7-9-11-31-33-21-24-36(47-33)39(27-13-17-29(18-14-27)45(53)54)37-25-23-35(49-37)32(12-10-8-6-4-2)41-43(51)44(52)42(50-41)40(38-26-22-34(31)48-38)28-15-19-30(20-16-28)46(55)56/h13-26,43-44,48-49,51-52H,3-12H2,1-2H3,(H,53,54)(H,55,56)/t43-,44+/m0/s1. The first-order valence-electron chi connectivity index (χ1n) is 19.7. The van der Waals surface area contributed by atoms with E-state index in [-0.39, 0.29) is 16.8 Å². The number of aryl methyl sites for hydroxylation is 2. The number of unbranched alkanes of at least 4 members (excludes halogenated alkanes) is 6. The number of nitrogens with zero attached hydrogens (tertiary/aromatic N) is 2. The number of H-pyrrole nitrogens is 2. The second kappa shape index (κ2) is 16.9. The molecule has 0 amide bonds. The number of carbonyl (C=O) groups is 2. The first kappa shape index (κ1) is 38.4. The van der Waals surface area contributed by atoms with Gasteiger partial charge in [-0.05, 0) is 103 Å². The van der Waals surface area contributed by atoms with Crippen molar-refractivity contribution in [2.75, 3.05) is 0 Å². The van der Waals surface area contributed by atoms with Crippen molar-refractivity contribution in [3.05, 3.63) is 118 Å². The molecule has 5 heterocycles. The summed E-state index contributed by atoms with van der Waals surface area (Å²) in [5.41, 5.74) is 10.2. The van der Waals surface area contributed by atoms with Crippen LogP contribution in [-0.4, -0.2) is 52.3 Å². The number of aliphatic hydroxyl groups excluding tert-OH is 2. The molecule has 0 aliphatic carbocycles. The van der Waals surface area contributed by atoms with E-state index in [1.807, 2.05) is 36.4 Å². The van der Waals surface area contributed by atoms with Crippen LogP contribution in [0.4, 0.5) is 0 Å². The third-order valence-electron chi connectivity index (χ3n) is 10.8. The molecule has 288 valence electrons. The second-order valence-corrected chi connectivity index (χ2v) is 14.7. The highest BCUT2D eigenvalue weighted by Gasteiger charge is 2.34. The largest absolute Gasteiger partial charge is 0.478 e. The van der Waals surface area contributed by atoms with Gasteiger partial charge in [0.2, 0.25) is 0 Å². The number of hydrogen-bond donors (Lipinski definition) is 6. The van der Waals surface area contributed by atoms with Gasteiger partial charge in [0.25, 0.3) is 0 Å². The van der Waals surface area contributed by atoms with Gasteiger partial charge >= 0.3 is 11.9 Å². The second-order valence-electron chi connectivity index (χ2n) is 14.7. The molecule has 5 aromatic rings. The van der Waals surface area contributed by atoms with Crippen molar-refractivity contribution in [3.63, 3.8) is 0 Å². The Morgan fingerprint density at radius 1 is 0.536 bits per heavy atom. The number of hydrogen-bond acceptors (Lipinski definition) is 6. The number of benzene rings is 2. The smallest absolute Gasteiger partial charge is 0.335 e. The fourth-order valence-electron chi connectivity index (χ4n) is 7.81. The average molecular weight is 753 g/mol. The van der Waals surface area contributed by atoms with E-state index in [2.05, 4.69) is 23.8 Å². The molecule has 0 radical (unpaired) electrons. The maximum atomic E-state index is 11.9. The summed E-state index contributed by atoms with van der Waals surface area (Å²) in [7, 11) is 0. The summed E-state index contributed by atoms with van der Waals surface area (Å²) in [5, 5.41) is 43.0. The van der Waals surface area contributed by atoms with Gasteiger partial charge in [-0.15, -0.1) is 0 Å². The lowest BCUT2D eigenvalue weighted by Gasteiger charge is -2.13. The maximum Gasteiger partial charge on any atom is 0.335 e. The van der Waals surface area contributed by atoms with Crippen molar-refractivity contribution >= 4 is 46.2 Å². The molecule has 10 nitrogen and oxygen atoms in total. The van der Waals surface area contributed by atoms with E-state index in [1.165, 1.54) is 12.1 Å². The minimum atomic E-state index is -1.35. The Labute approximate surface area is 325 Å². The van der Waals surface area contributed by atoms with Crippen molar-refractivity contribution in [1.29, 1.82) is 0 Å². The Bertz CT molecular complexity index is 2440. The summed E-state index contributed by atoms with van der Waals surface area (Å²) < 4.78 is 0. The van der Waals surface area contributed by atoms with Crippen molar-refractivity contribution in [2.24, 2.45) is 0 Å². The van der Waals surface area contributed by atoms with Crippen molar-refractivity contribution in [3.8, 4) is 22.3 Å². The first-order valence-corrected chi connectivity index (χ1v) is 19.7. The Hall–Kier alpha value is -5.84. The molecule has 0 saturated carbocycles. The van der Waals surface area contributed by atoms with Crippen LogP contribution >= 0.6 is 0 Å². The van der Waals surface area contributed by atoms with Crippen LogP contribution in [0.25, 0.3) is 56.5 Å². The first-order chi connectivity index (χ1) is 27.2. The molecular formula is C46H48N4O6. The minimum absolute atomic E-state index is 0.135. The lowest BCUT2D eigenvalue weighted by molar-refractivity contribution is 0.0252. The molecule has 0 spiro atoms. The van der Waals surface area contributed by atoms with Crippen LogP contribution in [0.1, 0.15) is 132 Å². The number of aliphatic hydroxyl groups is 2. The zero-order chi connectivity index (χ0) is 39.3. The van der Waals surface area contributed by atoms with Gasteiger partial charge in [-0.2, -0.15) is 0 Å². The summed E-state index contributed by atoms with van der Waals surface area (Å²) in [6.07, 6.45) is 10.9. The van der Waals surface area contributed by atoms with E-state index in [0.717, 1.165) is 108 Å². The van der Waals surface area contributed by atoms with Gasteiger partial charge in [-0.3, -0.25) is 4.98 Å². The molecular weight excluding hydrogens is 705 g/mol. The molecule has 7 rings (SSSR count). The molecule has 2 aromatic carbocycles. The SMILES string of the molecule is CCCCCCc1c2nc(c(-c3ccc(C(=O)O)cc3)c3ccc([nH]3)c(CCCCCC)c3nc(c(-c4ccc(C(=O)O)cc4)c4ccc1[nH]4)[C@@H](O)[C@H]3O)C=C2. The highest BCUT2D eigenvalue weighted by atomic mass is 16.4. The molecule has 0 saturated heterocycles. The molecule has 2 atom stereocenters. The average Bonchev–Trinajstić information content (AvgIpc) is 4.03. The van der Waals surface area contributed by atoms with Crippen LogP contribution in [0.5, 0.6) is 0 Å². The lowest BCUT2D eigenvalue weighted by atomic mass is 9.97. The summed E-state index contributed by atoms with van der Waals surface area (Å²) in [6, 6.07) is 21.2. The topological polar surface area (TPSA) is 172 Å². The number of carboxylic acids is 2. The van der Waals surface area contributed by atoms with Gasteiger partial charge in [0.1, 0.15) is 12.2 Å². The summed E-state index contributed by atoms with van der Waals surface area (Å²) >= 11 is 0. The van der Waals surface area contributed by atoms with Crippen LogP contribution in [0.2, 0.25) is 0 Å². The monoisotopic (exact) mass is 752 g/mol. The molecule has 0 fully saturated rings. The molecule has 10 heteroatoms. The highest BCUT2D eigenvalue weighted by Crippen LogP contribution is 2.42. The van der Waals surface area contributed by atoms with Crippen LogP contribution in [-0.2, 0) is 12.8 Å². The fourth-order valence-corrected chi connectivity index (χ4v) is 7.81. The van der Waals surface area contributed by atoms with E-state index in [4.69, 9.17) is 9.97 Å². The number of rotatable bonds is 14. The highest BCUT2D eigenvalue weighted by molar-refractivity contribution is 5.94. The summed E-state index contributed by atoms with van der Waals surface area (Å²) in [4.78, 5) is 41.1. The number of aromatic carboxylic acids is 2. The van der Waals surface area contributed by atoms with Crippen LogP contribution in [0.3, 0.4) is 0 Å². The number of aromatic amines is 2. The van der Waals surface area contributed by atoms with Crippen molar-refractivity contribution in [2.45, 2.75) is 90.3 Å². The summed E-state index contributed by atoms with van der Waals surface area (Å²) in [5.74, 6) is -2.04. The molecule has 6 N–H and O–H groups in total. The normalized spacial score (nSPS) is 15.0. The maximum absolute atomic E-state index is 11.9. The van der Waals surface area contributed by atoms with Crippen LogP contribution in [0.15, 0.2) is 72.8 Å². The van der Waals surface area contributed by atoms with Crippen LogP contribution in [0, 0.1) is 0 Å². The molecule has 2 aliphatic heterocycles. The Balaban J connectivity index is 1.59. The van der Waals surface area contributed by atoms with E-state index in [9.17, 15) is 30.0 Å². The van der Waals surface area contributed by atoms with Crippen LogP contribution < -0.4 is 0 Å². The third-order valence-corrected chi connectivity index (χ3v) is 10.8. The van der Waals surface area contributed by atoms with E-state index >= 15 is 0 Å². The summed E-state index contributed by atoms with van der Waals surface area (Å²) in [6.45, 7) is 4.34. The number of fused-ring (bicyclic) bond motifs is 8. The molecule has 2 aliphatic rings. The quantitative estimate of drug-likeness (QED) is 0.0597. The minimum Gasteiger partial charge on any atom is -0.478 e. The lowest BCUT2D eigenvalue weighted by Crippen LogP contribution is -2.06. The Kier molecular flexibility index (Phi) is 11.6. The van der Waals surface area contributed by atoms with Gasteiger partial charge in [0.05, 0.1) is 33.9 Å². The van der Waals surface area contributed by atoms with Gasteiger partial charge in [-0.1, -0.05) is 76.6 Å². The molecule has 3 aromatic heterocycles. The van der Waals surface area contributed by atoms with Gasteiger partial charge in [-0.25, -0.2) is 14.6 Å². The zero-order valence-electron chi connectivity index (χ0n) is 31.8. The van der Waals surface area contributed by atoms with Gasteiger partial charge in [0, 0.05) is 38.8 Å². The van der Waals surface area contributed by atoms with E-state index in [0.29, 0.717) is 28.8 Å². The fraction of sp³-hybridized carbons (Fsp3) is 0.304. The van der Waals surface area contributed by atoms with Gasteiger partial charge in [0.15, 0.2) is 0 Å². The zero-order valence-corrected chi connectivity index (χ0v) is 31.8. The Morgan fingerprint density at radius 2 is 1.00 bits per heavy atom. The number of aromatic nitrogens is 4. The van der Waals surface area contributed by atoms with E-state index in [1.54, 1.807) is 36.4 Å². The Morgan fingerprint density at radius 3 is 1.55 bits per heavy atom. The third kappa shape index (κ3) is 7.80. The number of nitrogens with one attached hydrogen (secondary N) is 2. The van der Waals surface area contributed by atoms with E-state index < -0.39 is 24.1 Å². The molecule has 0 unspecified atom stereocenters. The predicted octanol–water partition coefficient (Wildman–Crippen LogP) is 10.2. The van der Waals surface area contributed by atoms with Gasteiger partial charge < -0.3 is 30.4 Å². The number of carboxylic acid groups (broad SMARTS) is 2.